The number of carbonyl (C=O) groups is 1. The lowest BCUT2D eigenvalue weighted by molar-refractivity contribution is -0.334. The van der Waals surface area contributed by atoms with Gasteiger partial charge in [0.05, 0.1) is 37.4 Å². The van der Waals surface area contributed by atoms with E-state index >= 15 is 0 Å². The summed E-state index contributed by atoms with van der Waals surface area (Å²) in [4.78, 5) is 13.9. The van der Waals surface area contributed by atoms with Crippen molar-refractivity contribution in [2.75, 3.05) is 33.5 Å². The van der Waals surface area contributed by atoms with Crippen LogP contribution in [0.4, 0.5) is 0 Å². The Morgan fingerprint density at radius 1 is 0.887 bits per heavy atom. The van der Waals surface area contributed by atoms with Crippen LogP contribution in [-0.2, 0) is 32.2 Å². The largest absolute Gasteiger partial charge is 0.481 e. The first-order chi connectivity index (χ1) is 29.4. The number of ether oxygens (including phenoxy) is 3. The van der Waals surface area contributed by atoms with Crippen LogP contribution >= 0.6 is 0 Å². The highest BCUT2D eigenvalue weighted by Gasteiger charge is 2.75. The fourth-order valence-corrected chi connectivity index (χ4v) is 16.3. The van der Waals surface area contributed by atoms with Crippen molar-refractivity contribution in [3.05, 3.63) is 47.0 Å². The van der Waals surface area contributed by atoms with E-state index in [1.165, 1.54) is 5.57 Å². The number of allylic oxidation sites excluding steroid dienone is 2. The molecule has 1 saturated heterocycles. The molecule has 0 radical (unpaired) electrons. The molecule has 0 spiro atoms. The first kappa shape index (κ1) is 46.6. The summed E-state index contributed by atoms with van der Waals surface area (Å²) in [5, 5.41) is 80.0. The van der Waals surface area contributed by atoms with Crippen molar-refractivity contribution in [1.82, 2.24) is 5.32 Å². The van der Waals surface area contributed by atoms with Crippen molar-refractivity contribution < 1.29 is 54.8 Å². The zero-order chi connectivity index (χ0) is 44.6. The number of benzene rings is 1. The van der Waals surface area contributed by atoms with Gasteiger partial charge in [-0.05, 0) is 140 Å². The van der Waals surface area contributed by atoms with Crippen LogP contribution in [-0.4, -0.2) is 112 Å². The van der Waals surface area contributed by atoms with Gasteiger partial charge in [0.15, 0.2) is 6.29 Å². The van der Waals surface area contributed by atoms with E-state index in [-0.39, 0.29) is 84.8 Å². The van der Waals surface area contributed by atoms with Crippen LogP contribution in [0, 0.1) is 68.0 Å². The molecule has 6 aliphatic carbocycles. The van der Waals surface area contributed by atoms with Gasteiger partial charge in [0, 0.05) is 25.2 Å². The van der Waals surface area contributed by atoms with Gasteiger partial charge in [-0.25, -0.2) is 0 Å². The van der Waals surface area contributed by atoms with E-state index in [9.17, 15) is 40.5 Å². The van der Waals surface area contributed by atoms with Crippen LogP contribution in [0.25, 0.3) is 0 Å². The first-order valence-corrected chi connectivity index (χ1v) is 23.8. The van der Waals surface area contributed by atoms with Crippen molar-refractivity contribution in [2.24, 2.45) is 68.0 Å². The Bertz CT molecular complexity index is 1810. The van der Waals surface area contributed by atoms with E-state index in [1.807, 2.05) is 7.05 Å². The highest BCUT2D eigenvalue weighted by molar-refractivity contribution is 5.77. The van der Waals surface area contributed by atoms with Crippen LogP contribution in [0.1, 0.15) is 116 Å². The van der Waals surface area contributed by atoms with E-state index < -0.39 is 59.0 Å². The number of carboxylic acid groups (broad SMARTS) is 1. The second kappa shape index (κ2) is 17.0. The molecular weight excluding hydrogens is 791 g/mol. The predicted molar refractivity (Wildman–Crippen MR) is 232 cm³/mol. The third kappa shape index (κ3) is 7.01. The molecule has 7 aliphatic rings. The number of hydrogen-bond donors (Lipinski definition) is 8. The molecule has 1 aliphatic heterocycles. The first-order valence-electron chi connectivity index (χ1n) is 23.8. The van der Waals surface area contributed by atoms with Crippen LogP contribution in [0.2, 0.25) is 0 Å². The van der Waals surface area contributed by atoms with Gasteiger partial charge in [0.25, 0.3) is 0 Å². The molecule has 0 amide bonds. The lowest BCUT2D eigenvalue weighted by Crippen LogP contribution is -2.72. The fourth-order valence-electron chi connectivity index (χ4n) is 16.3. The zero-order valence-corrected chi connectivity index (χ0v) is 38.1. The smallest absolute Gasteiger partial charge is 0.310 e. The average molecular weight is 868 g/mol. The molecule has 1 heterocycles. The summed E-state index contributed by atoms with van der Waals surface area (Å²) in [6.45, 7) is 12.3. The number of fused-ring (bicyclic) bond motifs is 8. The maximum Gasteiger partial charge on any atom is 0.310 e. The summed E-state index contributed by atoms with van der Waals surface area (Å²) >= 11 is 0. The Morgan fingerprint density at radius 2 is 1.60 bits per heavy atom. The summed E-state index contributed by atoms with van der Waals surface area (Å²) in [6.07, 6.45) is 4.04. The molecule has 6 fully saturated rings. The Balaban J connectivity index is 1.25. The molecule has 12 heteroatoms. The van der Waals surface area contributed by atoms with Crippen molar-refractivity contribution in [2.45, 2.75) is 155 Å². The molecule has 18 atom stereocenters. The molecule has 8 rings (SSSR count). The Morgan fingerprint density at radius 3 is 2.26 bits per heavy atom. The van der Waals surface area contributed by atoms with Crippen LogP contribution in [0.3, 0.4) is 0 Å². The molecule has 5 saturated carbocycles. The topological polar surface area (TPSA) is 198 Å². The maximum atomic E-state index is 13.9. The van der Waals surface area contributed by atoms with Crippen molar-refractivity contribution >= 4 is 5.97 Å². The minimum Gasteiger partial charge on any atom is -0.481 e. The molecule has 18 unspecified atom stereocenters. The minimum atomic E-state index is -1.51. The van der Waals surface area contributed by atoms with Gasteiger partial charge in [-0.2, -0.15) is 0 Å². The number of carboxylic acids is 1. The number of rotatable bonds is 13. The second-order valence-electron chi connectivity index (χ2n) is 22.5. The van der Waals surface area contributed by atoms with E-state index in [1.54, 1.807) is 0 Å². The SMILES string of the molecule is CNCc1ccc(COC2CC3(C)C(CCC4(C)C3C(CCCO)C=C3C5CC(C)(CO)CC6CCCC(CC65C(=O)O)C34C)C(C)(CO)C2OC2OCC(O)C(O)C2O)cc1. The highest BCUT2D eigenvalue weighted by Crippen LogP contribution is 2.79. The van der Waals surface area contributed by atoms with E-state index in [2.05, 4.69) is 70.3 Å². The van der Waals surface area contributed by atoms with Gasteiger partial charge in [0.2, 0.25) is 0 Å². The summed E-state index contributed by atoms with van der Waals surface area (Å²) < 4.78 is 19.7. The monoisotopic (exact) mass is 868 g/mol. The second-order valence-corrected chi connectivity index (χ2v) is 22.5. The van der Waals surface area contributed by atoms with E-state index in [0.29, 0.717) is 25.7 Å². The molecule has 0 aromatic heterocycles. The molecule has 1 aromatic carbocycles. The van der Waals surface area contributed by atoms with Crippen molar-refractivity contribution in [3.63, 3.8) is 0 Å². The third-order valence-electron chi connectivity index (χ3n) is 19.3. The van der Waals surface area contributed by atoms with Gasteiger partial charge in [-0.3, -0.25) is 4.79 Å². The lowest BCUT2D eigenvalue weighted by Gasteiger charge is -2.74. The van der Waals surface area contributed by atoms with Gasteiger partial charge < -0.3 is 55.3 Å². The average Bonchev–Trinajstić information content (AvgIpc) is 3.43. The van der Waals surface area contributed by atoms with Crippen LogP contribution < -0.4 is 5.32 Å². The van der Waals surface area contributed by atoms with E-state index in [4.69, 9.17) is 14.2 Å². The zero-order valence-electron chi connectivity index (χ0n) is 38.1. The molecule has 12 nitrogen and oxygen atoms in total. The predicted octanol–water partition coefficient (Wildman–Crippen LogP) is 5.19. The lowest BCUT2D eigenvalue weighted by atomic mass is 9.30. The summed E-state index contributed by atoms with van der Waals surface area (Å²) in [7, 11) is 1.92. The molecule has 2 bridgehead atoms. The number of aliphatic hydroxyl groups is 6. The number of aliphatic carboxylic acids is 1. The number of aliphatic hydroxyl groups excluding tert-OH is 6. The number of nitrogens with one attached hydrogen (secondary N) is 1. The molecule has 62 heavy (non-hydrogen) atoms. The van der Waals surface area contributed by atoms with Gasteiger partial charge >= 0.3 is 5.97 Å². The third-order valence-corrected chi connectivity index (χ3v) is 19.3. The van der Waals surface area contributed by atoms with E-state index in [0.717, 1.165) is 62.6 Å². The Kier molecular flexibility index (Phi) is 12.8. The van der Waals surface area contributed by atoms with Crippen molar-refractivity contribution in [1.29, 1.82) is 0 Å². The molecule has 348 valence electrons. The highest BCUT2D eigenvalue weighted by atomic mass is 16.7. The molecular formula is C50H77NO11. The minimum absolute atomic E-state index is 0.00461. The summed E-state index contributed by atoms with van der Waals surface area (Å²) in [6, 6.07) is 8.29. The molecule has 1 aromatic rings. The van der Waals surface area contributed by atoms with Gasteiger partial charge in [-0.1, -0.05) is 77.0 Å². The quantitative estimate of drug-likeness (QED) is 0.0956. The molecule has 8 N–H and O–H groups in total. The fraction of sp³-hybridized carbons (Fsp3) is 0.820. The number of hydrogen-bond acceptors (Lipinski definition) is 11. The van der Waals surface area contributed by atoms with Crippen molar-refractivity contribution in [3.8, 4) is 0 Å². The van der Waals surface area contributed by atoms with Crippen LogP contribution in [0.5, 0.6) is 0 Å². The van der Waals surface area contributed by atoms with Gasteiger partial charge in [0.1, 0.15) is 18.3 Å². The summed E-state index contributed by atoms with van der Waals surface area (Å²) in [5.41, 5.74) is 0.224. The van der Waals surface area contributed by atoms with Gasteiger partial charge in [-0.15, -0.1) is 0 Å². The Hall–Kier alpha value is -1.97. The maximum absolute atomic E-state index is 13.9. The van der Waals surface area contributed by atoms with Crippen LogP contribution in [0.15, 0.2) is 35.9 Å². The summed E-state index contributed by atoms with van der Waals surface area (Å²) in [5.74, 6) is -0.711. The normalized spacial score (nSPS) is 48.5. The Labute approximate surface area is 368 Å². The standard InChI is InChI=1S/C50H77NO11/c1-45(27-53)20-33-11-7-10-32-21-50(33,44(58)59)35(22-45)34-19-31(9-8-18-52)41-46(2)23-37(60-25-30-14-12-29(13-15-30)24-51-6)42(62-43-40(57)39(56)36(55)26-61-43)47(3,28-54)38(46)16-17-48(41,4)49(32,34)5/h12-15,19,31-33,35-43,51-57H,7-11,16-18,20-28H2,1-6H3,(H,58,59).